The van der Waals surface area contributed by atoms with E-state index in [1.807, 2.05) is 0 Å². The van der Waals surface area contributed by atoms with E-state index in [4.69, 9.17) is 4.74 Å². The molecule has 12 heteroatoms. The number of nitrogens with one attached hydrogen (secondary N) is 1. The third-order valence-electron chi connectivity index (χ3n) is 5.08. The van der Waals surface area contributed by atoms with Crippen LogP contribution in [-0.4, -0.2) is 33.9 Å². The molecule has 1 unspecified atom stereocenters. The number of phenols is 1. The van der Waals surface area contributed by atoms with Crippen molar-refractivity contribution in [3.63, 3.8) is 0 Å². The number of aromatic nitrogens is 2. The molecule has 4 rings (SSSR count). The highest BCUT2D eigenvalue weighted by molar-refractivity contribution is 7.90. The van der Waals surface area contributed by atoms with Gasteiger partial charge in [-0.1, -0.05) is 44.2 Å². The van der Waals surface area contributed by atoms with Crippen molar-refractivity contribution in [2.24, 2.45) is 0 Å². The second kappa shape index (κ2) is 7.80. The van der Waals surface area contributed by atoms with Crippen LogP contribution in [0.2, 0.25) is 0 Å². The van der Waals surface area contributed by atoms with Gasteiger partial charge in [0.05, 0.1) is 5.56 Å². The van der Waals surface area contributed by atoms with Gasteiger partial charge in [0.2, 0.25) is 12.1 Å². The number of carbonyl (C=O) groups is 1. The third-order valence-corrected chi connectivity index (χ3v) is 6.83. The Balaban J connectivity index is 1.85. The van der Waals surface area contributed by atoms with E-state index in [0.29, 0.717) is 15.9 Å². The molecule has 0 radical (unpaired) electrons. The molecule has 33 heavy (non-hydrogen) atoms. The van der Waals surface area contributed by atoms with Crippen LogP contribution in [0.1, 0.15) is 53.2 Å². The number of amides is 1. The number of aromatic amines is 1. The average Bonchev–Trinajstić information content (AvgIpc) is 3.28. The molecule has 0 saturated heterocycles. The molecule has 1 aromatic heterocycles. The lowest BCUT2D eigenvalue weighted by Crippen LogP contribution is -2.37. The van der Waals surface area contributed by atoms with Gasteiger partial charge in [-0.2, -0.15) is 17.5 Å². The van der Waals surface area contributed by atoms with Gasteiger partial charge in [-0.15, -0.1) is 5.10 Å². The zero-order valence-electron chi connectivity index (χ0n) is 17.3. The number of hydrogen-bond donors (Lipinski definition) is 2. The monoisotopic (exact) mass is 481 g/mol. The van der Waals surface area contributed by atoms with Crippen LogP contribution < -0.4 is 4.74 Å². The zero-order chi connectivity index (χ0) is 24.1. The standard InChI is InChI=1S/C21H18F3N3O5S/c1-11(2)14-8-13(28)9-15-18(14)19(29)27(33(15,30)31)20(12-6-4-3-5-7-12)32-17-10-16(25-26-17)21(22,23)24/h3-11,20,28H,1-2H3,(H,25,26). The normalized spacial score (nSPS) is 16.2. The van der Waals surface area contributed by atoms with E-state index >= 15 is 0 Å². The van der Waals surface area contributed by atoms with Gasteiger partial charge >= 0.3 is 6.18 Å². The molecule has 8 nitrogen and oxygen atoms in total. The Morgan fingerprint density at radius 1 is 1.12 bits per heavy atom. The van der Waals surface area contributed by atoms with Crippen molar-refractivity contribution in [3.8, 4) is 11.6 Å². The van der Waals surface area contributed by atoms with Gasteiger partial charge in [0.25, 0.3) is 15.9 Å². The summed E-state index contributed by atoms with van der Waals surface area (Å²) in [5.74, 6) is -2.12. The summed E-state index contributed by atoms with van der Waals surface area (Å²) in [4.78, 5) is 13.0. The summed E-state index contributed by atoms with van der Waals surface area (Å²) in [6.45, 7) is 3.45. The Morgan fingerprint density at radius 3 is 2.36 bits per heavy atom. The van der Waals surface area contributed by atoms with Crippen molar-refractivity contribution in [2.45, 2.75) is 37.1 Å². The molecule has 3 aromatic rings. The molecule has 0 saturated carbocycles. The third kappa shape index (κ3) is 3.90. The molecule has 1 atom stereocenters. The van der Waals surface area contributed by atoms with Crippen molar-refractivity contribution in [3.05, 3.63) is 70.9 Å². The van der Waals surface area contributed by atoms with E-state index in [1.165, 1.54) is 18.2 Å². The lowest BCUT2D eigenvalue weighted by molar-refractivity contribution is -0.141. The molecule has 2 aromatic carbocycles. The molecule has 1 aliphatic rings. The van der Waals surface area contributed by atoms with E-state index < -0.39 is 44.8 Å². The predicted octanol–water partition coefficient (Wildman–Crippen LogP) is 4.18. The maximum Gasteiger partial charge on any atom is 0.432 e. The number of sulfonamides is 1. The van der Waals surface area contributed by atoms with Gasteiger partial charge in [-0.3, -0.25) is 9.89 Å². The lowest BCUT2D eigenvalue weighted by atomic mass is 9.96. The fraction of sp³-hybridized carbons (Fsp3) is 0.238. The fourth-order valence-corrected chi connectivity index (χ4v) is 5.23. The Kier molecular flexibility index (Phi) is 5.35. The number of carbonyl (C=O) groups excluding carboxylic acids is 1. The number of phenolic OH excluding ortho intramolecular Hbond substituents is 1. The Morgan fingerprint density at radius 2 is 1.79 bits per heavy atom. The van der Waals surface area contributed by atoms with Gasteiger partial charge in [0, 0.05) is 17.7 Å². The largest absolute Gasteiger partial charge is 0.508 e. The van der Waals surface area contributed by atoms with Crippen LogP contribution in [0.25, 0.3) is 0 Å². The number of halogens is 3. The predicted molar refractivity (Wildman–Crippen MR) is 109 cm³/mol. The second-order valence-electron chi connectivity index (χ2n) is 7.67. The number of rotatable bonds is 5. The maximum atomic E-state index is 13.4. The molecule has 0 bridgehead atoms. The topological polar surface area (TPSA) is 113 Å². The molecule has 174 valence electrons. The van der Waals surface area contributed by atoms with E-state index in [-0.39, 0.29) is 22.8 Å². The number of aromatic hydroxyl groups is 1. The Hall–Kier alpha value is -3.54. The van der Waals surface area contributed by atoms with E-state index in [9.17, 15) is 31.5 Å². The fourth-order valence-electron chi connectivity index (χ4n) is 3.56. The van der Waals surface area contributed by atoms with Gasteiger partial charge < -0.3 is 9.84 Å². The van der Waals surface area contributed by atoms with Gasteiger partial charge in [-0.25, -0.2) is 8.42 Å². The highest BCUT2D eigenvalue weighted by Crippen LogP contribution is 2.43. The molecular weight excluding hydrogens is 463 g/mol. The molecule has 0 aliphatic carbocycles. The first-order valence-electron chi connectivity index (χ1n) is 9.71. The van der Waals surface area contributed by atoms with Gasteiger partial charge in [-0.05, 0) is 17.5 Å². The summed E-state index contributed by atoms with van der Waals surface area (Å²) in [6.07, 6.45) is -6.38. The highest BCUT2D eigenvalue weighted by Gasteiger charge is 2.49. The van der Waals surface area contributed by atoms with E-state index in [0.717, 1.165) is 6.07 Å². The summed E-state index contributed by atoms with van der Waals surface area (Å²) in [5, 5.41) is 15.3. The number of ether oxygens (including phenoxy) is 1. The van der Waals surface area contributed by atoms with E-state index in [2.05, 4.69) is 5.10 Å². The summed E-state index contributed by atoms with van der Waals surface area (Å²) >= 11 is 0. The van der Waals surface area contributed by atoms with Gasteiger partial charge in [0.1, 0.15) is 16.3 Å². The number of benzene rings is 2. The van der Waals surface area contributed by atoms with Crippen LogP contribution in [0.5, 0.6) is 11.6 Å². The van der Waals surface area contributed by atoms with Crippen LogP contribution in [0.3, 0.4) is 0 Å². The zero-order valence-corrected chi connectivity index (χ0v) is 18.1. The minimum Gasteiger partial charge on any atom is -0.508 e. The molecule has 2 heterocycles. The minimum absolute atomic E-state index is 0.120. The average molecular weight is 481 g/mol. The minimum atomic E-state index is -4.73. The first-order valence-corrected chi connectivity index (χ1v) is 11.1. The molecule has 1 amide bonds. The van der Waals surface area contributed by atoms with Crippen LogP contribution >= 0.6 is 0 Å². The number of alkyl halides is 3. The molecule has 1 aliphatic heterocycles. The number of hydrogen-bond acceptors (Lipinski definition) is 6. The van der Waals surface area contributed by atoms with Crippen molar-refractivity contribution < 1.29 is 36.2 Å². The summed E-state index contributed by atoms with van der Waals surface area (Å²) < 4.78 is 71.7. The smallest absolute Gasteiger partial charge is 0.432 e. The highest BCUT2D eigenvalue weighted by atomic mass is 32.2. The van der Waals surface area contributed by atoms with Gasteiger partial charge in [0.15, 0.2) is 0 Å². The van der Waals surface area contributed by atoms with Crippen molar-refractivity contribution in [1.29, 1.82) is 0 Å². The molecule has 2 N–H and O–H groups in total. The first kappa shape index (κ1) is 22.6. The summed E-state index contributed by atoms with van der Waals surface area (Å²) in [7, 11) is -4.52. The van der Waals surface area contributed by atoms with E-state index in [1.54, 1.807) is 37.1 Å². The first-order chi connectivity index (χ1) is 15.4. The summed E-state index contributed by atoms with van der Waals surface area (Å²) in [5.41, 5.74) is -0.818. The molecule has 0 fully saturated rings. The van der Waals surface area contributed by atoms with Crippen molar-refractivity contribution in [2.75, 3.05) is 0 Å². The Bertz CT molecular complexity index is 1320. The second-order valence-corrected chi connectivity index (χ2v) is 9.45. The maximum absolute atomic E-state index is 13.4. The number of fused-ring (bicyclic) bond motifs is 1. The van der Waals surface area contributed by atoms with Crippen LogP contribution in [-0.2, 0) is 16.2 Å². The molecular formula is C21H18F3N3O5S. The number of nitrogens with zero attached hydrogens (tertiary/aromatic N) is 2. The van der Waals surface area contributed by atoms with Crippen LogP contribution in [0.15, 0.2) is 53.4 Å². The van der Waals surface area contributed by atoms with Crippen molar-refractivity contribution in [1.82, 2.24) is 14.5 Å². The molecule has 0 spiro atoms. The van der Waals surface area contributed by atoms with Crippen LogP contribution in [0, 0.1) is 0 Å². The lowest BCUT2D eigenvalue weighted by Gasteiger charge is -2.26. The van der Waals surface area contributed by atoms with Crippen LogP contribution in [0.4, 0.5) is 13.2 Å². The van der Waals surface area contributed by atoms with Crippen molar-refractivity contribution >= 4 is 15.9 Å². The Labute approximate surface area is 186 Å². The number of H-pyrrole nitrogens is 1. The quantitative estimate of drug-likeness (QED) is 0.565. The SMILES string of the molecule is CC(C)c1cc(O)cc2c1C(=O)N(C(Oc1cc(C(F)(F)F)[nH]n1)c1ccccc1)S2(=O)=O. The summed E-state index contributed by atoms with van der Waals surface area (Å²) in [6, 6.07) is 10.5.